The zero-order valence-electron chi connectivity index (χ0n) is 3.97. The molecule has 56 valence electrons. The van der Waals surface area contributed by atoms with Gasteiger partial charge in [-0.25, -0.2) is 24.6 Å². The number of hydrogen-bond donors (Lipinski definition) is 0. The van der Waals surface area contributed by atoms with Crippen molar-refractivity contribution in [3.8, 4) is 0 Å². The van der Waals surface area contributed by atoms with Crippen molar-refractivity contribution in [2.24, 2.45) is 0 Å². The van der Waals surface area contributed by atoms with Gasteiger partial charge in [0.15, 0.2) is 0 Å². The highest BCUT2D eigenvalue weighted by Crippen LogP contribution is 2.25. The molecule has 0 aliphatic rings. The SMILES string of the molecule is F[Si](F)(F)C[Si](F)(F)F. The van der Waals surface area contributed by atoms with E-state index in [4.69, 9.17) is 0 Å². The van der Waals surface area contributed by atoms with E-state index in [1.54, 1.807) is 0 Å². The molecule has 0 aromatic carbocycles. The van der Waals surface area contributed by atoms with Crippen LogP contribution >= 0.6 is 0 Å². The first-order chi connectivity index (χ1) is 3.71. The van der Waals surface area contributed by atoms with E-state index in [9.17, 15) is 24.6 Å². The molecule has 0 amide bonds. The summed E-state index contributed by atoms with van der Waals surface area (Å²) in [6.45, 7) is 0. The van der Waals surface area contributed by atoms with Crippen LogP contribution in [0.5, 0.6) is 0 Å². The summed E-state index contributed by atoms with van der Waals surface area (Å²) in [5.74, 6) is 0. The lowest BCUT2D eigenvalue weighted by Gasteiger charge is -2.01. The molecule has 0 rings (SSSR count). The molecule has 0 saturated carbocycles. The van der Waals surface area contributed by atoms with E-state index in [0.717, 1.165) is 0 Å². The van der Waals surface area contributed by atoms with Gasteiger partial charge in [0.1, 0.15) is 5.67 Å². The van der Waals surface area contributed by atoms with Crippen LogP contribution in [-0.2, 0) is 0 Å². The van der Waals surface area contributed by atoms with Gasteiger partial charge in [-0.1, -0.05) is 0 Å². The van der Waals surface area contributed by atoms with E-state index < -0.39 is 23.8 Å². The van der Waals surface area contributed by atoms with Gasteiger partial charge < -0.3 is 0 Å². The highest BCUT2D eigenvalue weighted by Gasteiger charge is 2.53. The Hall–Kier alpha value is 0.0138. The van der Waals surface area contributed by atoms with Crippen molar-refractivity contribution in [3.05, 3.63) is 0 Å². The van der Waals surface area contributed by atoms with Crippen LogP contribution < -0.4 is 0 Å². The predicted octanol–water partition coefficient (Wildman–Crippen LogP) is 2.22. The Morgan fingerprint density at radius 3 is 0.889 bits per heavy atom. The third-order valence-corrected chi connectivity index (χ3v) is 3.61. The van der Waals surface area contributed by atoms with Crippen molar-refractivity contribution < 1.29 is 24.6 Å². The quantitative estimate of drug-likeness (QED) is 0.350. The molecule has 0 bridgehead atoms. The first-order valence-electron chi connectivity index (χ1n) is 1.84. The van der Waals surface area contributed by atoms with Crippen LogP contribution in [0.1, 0.15) is 0 Å². The van der Waals surface area contributed by atoms with E-state index in [2.05, 4.69) is 0 Å². The smallest absolute Gasteiger partial charge is 0.238 e. The molecule has 0 saturated heterocycles. The van der Waals surface area contributed by atoms with Gasteiger partial charge in [-0.15, -0.1) is 0 Å². The maximum Gasteiger partial charge on any atom is 0.621 e. The van der Waals surface area contributed by atoms with E-state index in [0.29, 0.717) is 0 Å². The topological polar surface area (TPSA) is 0 Å². The summed E-state index contributed by atoms with van der Waals surface area (Å²) in [7, 11) is -12.7. The van der Waals surface area contributed by atoms with Gasteiger partial charge in [0.2, 0.25) is 0 Å². The maximum absolute atomic E-state index is 11.0. The highest BCUT2D eigenvalue weighted by molar-refractivity contribution is 6.78. The van der Waals surface area contributed by atoms with Crippen LogP contribution in [0.3, 0.4) is 0 Å². The standard InChI is InChI=1S/CH2F6Si2/c2-8(3,4)1-9(5,6)7/h1H2. The summed E-state index contributed by atoms with van der Waals surface area (Å²) in [4.78, 5) is 0. The van der Waals surface area contributed by atoms with Gasteiger partial charge in [0.25, 0.3) is 0 Å². The minimum atomic E-state index is -6.36. The molecule has 0 atom stereocenters. The molecule has 0 unspecified atom stereocenters. The first kappa shape index (κ1) is 9.01. The van der Waals surface area contributed by atoms with Crippen molar-refractivity contribution in [1.29, 1.82) is 0 Å². The molecule has 0 aromatic heterocycles. The van der Waals surface area contributed by atoms with Crippen LogP contribution in [-0.4, -0.2) is 18.2 Å². The zero-order valence-corrected chi connectivity index (χ0v) is 5.97. The van der Waals surface area contributed by atoms with Gasteiger partial charge >= 0.3 is 18.2 Å². The average Bonchev–Trinajstić information content (AvgIpc) is 1.14. The van der Waals surface area contributed by atoms with Crippen molar-refractivity contribution in [3.63, 3.8) is 0 Å². The molecule has 0 nitrogen and oxygen atoms in total. The normalized spacial score (nSPS) is 14.0. The second kappa shape index (κ2) is 2.33. The lowest BCUT2D eigenvalue weighted by Crippen LogP contribution is -2.29. The Kier molecular flexibility index (Phi) is 2.33. The van der Waals surface area contributed by atoms with Crippen LogP contribution in [0, 0.1) is 0 Å². The van der Waals surface area contributed by atoms with Crippen LogP contribution in [0.15, 0.2) is 0 Å². The van der Waals surface area contributed by atoms with Crippen molar-refractivity contribution >= 4 is 18.2 Å². The van der Waals surface area contributed by atoms with E-state index >= 15 is 0 Å². The van der Waals surface area contributed by atoms with Crippen LogP contribution in [0.4, 0.5) is 24.6 Å². The van der Waals surface area contributed by atoms with Gasteiger partial charge in [0, 0.05) is 0 Å². The minimum Gasteiger partial charge on any atom is -0.238 e. The number of halogens is 6. The second-order valence-corrected chi connectivity index (χ2v) is 5.28. The Bertz CT molecular complexity index is 76.2. The third kappa shape index (κ3) is 8.01. The van der Waals surface area contributed by atoms with E-state index in [1.807, 2.05) is 0 Å². The van der Waals surface area contributed by atoms with E-state index in [1.165, 1.54) is 0 Å². The number of rotatable bonds is 2. The van der Waals surface area contributed by atoms with Crippen molar-refractivity contribution in [2.45, 2.75) is 5.67 Å². The molecule has 0 aliphatic carbocycles. The first-order valence-corrected chi connectivity index (χ1v) is 5.52. The summed E-state index contributed by atoms with van der Waals surface area (Å²) in [6, 6.07) is 0. The summed E-state index contributed by atoms with van der Waals surface area (Å²) < 4.78 is 66.0. The fourth-order valence-corrected chi connectivity index (χ4v) is 2.05. The largest absolute Gasteiger partial charge is 0.621 e. The maximum atomic E-state index is 11.0. The van der Waals surface area contributed by atoms with Gasteiger partial charge in [-0.2, -0.15) is 0 Å². The zero-order chi connectivity index (χ0) is 7.71. The third-order valence-electron chi connectivity index (χ3n) is 0.401. The van der Waals surface area contributed by atoms with Crippen LogP contribution in [0.2, 0.25) is 5.67 Å². The van der Waals surface area contributed by atoms with E-state index in [-0.39, 0.29) is 0 Å². The molecule has 0 radical (unpaired) electrons. The monoisotopic (exact) mass is 184 g/mol. The lowest BCUT2D eigenvalue weighted by molar-refractivity contribution is 0.436. The van der Waals surface area contributed by atoms with Crippen LogP contribution in [0.25, 0.3) is 0 Å². The summed E-state index contributed by atoms with van der Waals surface area (Å²) >= 11 is 0. The van der Waals surface area contributed by atoms with Crippen molar-refractivity contribution in [2.75, 3.05) is 0 Å². The average molecular weight is 184 g/mol. The molecular weight excluding hydrogens is 182 g/mol. The molecule has 0 aromatic rings. The minimum absolute atomic E-state index is 2.43. The predicted molar refractivity (Wildman–Crippen MR) is 23.0 cm³/mol. The molecule has 0 heterocycles. The highest BCUT2D eigenvalue weighted by atomic mass is 28.5. The van der Waals surface area contributed by atoms with Crippen molar-refractivity contribution in [1.82, 2.24) is 0 Å². The summed E-state index contributed by atoms with van der Waals surface area (Å²) in [6.07, 6.45) is 0. The fourth-order valence-electron chi connectivity index (χ4n) is 0.227. The molecule has 0 fully saturated rings. The van der Waals surface area contributed by atoms with Gasteiger partial charge in [0.05, 0.1) is 0 Å². The molecule has 0 N–H and O–H groups in total. The number of hydrogen-bond acceptors (Lipinski definition) is 0. The summed E-state index contributed by atoms with van der Waals surface area (Å²) in [5.41, 5.74) is -2.43. The molecule has 8 heteroatoms. The molecule has 0 aliphatic heterocycles. The molecular formula is CH2F6Si2. The molecule has 0 spiro atoms. The Morgan fingerprint density at radius 2 is 0.889 bits per heavy atom. The van der Waals surface area contributed by atoms with Gasteiger partial charge in [-0.05, 0) is 0 Å². The molecule has 9 heavy (non-hydrogen) atoms. The Labute approximate surface area is 49.5 Å². The Morgan fingerprint density at radius 1 is 0.667 bits per heavy atom. The lowest BCUT2D eigenvalue weighted by atomic mass is 11.9. The second-order valence-electron chi connectivity index (χ2n) is 1.41. The van der Waals surface area contributed by atoms with Gasteiger partial charge in [-0.3, -0.25) is 0 Å². The fraction of sp³-hybridized carbons (Fsp3) is 1.00. The summed E-state index contributed by atoms with van der Waals surface area (Å²) in [5, 5.41) is 0. The Balaban J connectivity index is 3.75.